The molecule has 0 aliphatic heterocycles. The summed E-state index contributed by atoms with van der Waals surface area (Å²) in [6.07, 6.45) is -3.87. The standard InChI is InChI=1S/C17H20F3N3O2/c1-16(2,3)25-12-8-6-7-11(9-12)23(4)14-13(17(18,19)20)10-21-15(22-14)24-5/h6-10H,1-5H3. The van der Waals surface area contributed by atoms with Crippen LogP contribution < -0.4 is 14.4 Å². The van der Waals surface area contributed by atoms with Crippen LogP contribution in [-0.2, 0) is 6.18 Å². The molecule has 0 unspecified atom stereocenters. The van der Waals surface area contributed by atoms with Crippen molar-refractivity contribution in [1.82, 2.24) is 9.97 Å². The molecule has 0 amide bonds. The number of anilines is 2. The molecule has 8 heteroatoms. The zero-order chi connectivity index (χ0) is 18.8. The number of aromatic nitrogens is 2. The molecule has 0 spiro atoms. The van der Waals surface area contributed by atoms with Crippen LogP contribution in [0.4, 0.5) is 24.7 Å². The number of alkyl halides is 3. The van der Waals surface area contributed by atoms with Crippen LogP contribution >= 0.6 is 0 Å². The van der Waals surface area contributed by atoms with Crippen LogP contribution in [-0.4, -0.2) is 29.7 Å². The van der Waals surface area contributed by atoms with Crippen LogP contribution in [0.1, 0.15) is 26.3 Å². The third-order valence-corrected chi connectivity index (χ3v) is 3.18. The molecule has 0 N–H and O–H groups in total. The molecule has 0 fully saturated rings. The summed E-state index contributed by atoms with van der Waals surface area (Å²) < 4.78 is 50.5. The maximum Gasteiger partial charge on any atom is 0.421 e. The molecule has 25 heavy (non-hydrogen) atoms. The van der Waals surface area contributed by atoms with E-state index in [-0.39, 0.29) is 11.8 Å². The summed E-state index contributed by atoms with van der Waals surface area (Å²) in [6, 6.07) is 6.63. The van der Waals surface area contributed by atoms with Crippen molar-refractivity contribution in [3.8, 4) is 11.8 Å². The Kier molecular flexibility index (Phi) is 5.10. The van der Waals surface area contributed by atoms with Gasteiger partial charge in [-0.15, -0.1) is 0 Å². The van der Waals surface area contributed by atoms with Crippen molar-refractivity contribution in [3.63, 3.8) is 0 Å². The highest BCUT2D eigenvalue weighted by Crippen LogP contribution is 2.38. The van der Waals surface area contributed by atoms with Crippen molar-refractivity contribution >= 4 is 11.5 Å². The Balaban J connectivity index is 2.46. The van der Waals surface area contributed by atoms with Gasteiger partial charge in [-0.1, -0.05) is 6.07 Å². The second-order valence-electron chi connectivity index (χ2n) is 6.36. The molecule has 0 atom stereocenters. The number of nitrogens with zero attached hydrogens (tertiary/aromatic N) is 3. The van der Waals surface area contributed by atoms with E-state index in [0.29, 0.717) is 17.6 Å². The maximum absolute atomic E-state index is 13.3. The van der Waals surface area contributed by atoms with Gasteiger partial charge in [0.15, 0.2) is 5.82 Å². The third kappa shape index (κ3) is 4.74. The molecule has 0 saturated carbocycles. The van der Waals surface area contributed by atoms with Crippen molar-refractivity contribution in [2.75, 3.05) is 19.1 Å². The number of hydrogen-bond acceptors (Lipinski definition) is 5. The lowest BCUT2D eigenvalue weighted by molar-refractivity contribution is -0.137. The predicted molar refractivity (Wildman–Crippen MR) is 88.5 cm³/mol. The number of halogens is 3. The zero-order valence-electron chi connectivity index (χ0n) is 14.7. The highest BCUT2D eigenvalue weighted by molar-refractivity contribution is 5.64. The summed E-state index contributed by atoms with van der Waals surface area (Å²) in [5, 5.41) is 0. The van der Waals surface area contributed by atoms with Crippen LogP contribution in [0.2, 0.25) is 0 Å². The van der Waals surface area contributed by atoms with E-state index in [1.54, 1.807) is 24.3 Å². The zero-order valence-corrected chi connectivity index (χ0v) is 14.7. The van der Waals surface area contributed by atoms with Crippen molar-refractivity contribution in [3.05, 3.63) is 36.0 Å². The van der Waals surface area contributed by atoms with Crippen LogP contribution in [0.25, 0.3) is 0 Å². The van der Waals surface area contributed by atoms with Crippen LogP contribution in [0, 0.1) is 0 Å². The molecular formula is C17H20F3N3O2. The van der Waals surface area contributed by atoms with Crippen molar-refractivity contribution < 1.29 is 22.6 Å². The number of hydrogen-bond donors (Lipinski definition) is 0. The van der Waals surface area contributed by atoms with E-state index in [0.717, 1.165) is 0 Å². The summed E-state index contributed by atoms with van der Waals surface area (Å²) in [6.45, 7) is 5.67. The van der Waals surface area contributed by atoms with Gasteiger partial charge in [-0.2, -0.15) is 18.2 Å². The van der Waals surface area contributed by atoms with E-state index in [4.69, 9.17) is 9.47 Å². The summed E-state index contributed by atoms with van der Waals surface area (Å²) in [5.41, 5.74) is -0.877. The molecule has 1 aromatic heterocycles. The van der Waals surface area contributed by atoms with E-state index < -0.39 is 17.3 Å². The summed E-state index contributed by atoms with van der Waals surface area (Å²) in [5.74, 6) is 0.249. The van der Waals surface area contributed by atoms with Gasteiger partial charge in [0, 0.05) is 25.0 Å². The van der Waals surface area contributed by atoms with Gasteiger partial charge in [-0.3, -0.25) is 0 Å². The van der Waals surface area contributed by atoms with Gasteiger partial charge in [-0.25, -0.2) is 4.98 Å². The summed E-state index contributed by atoms with van der Waals surface area (Å²) in [7, 11) is 2.79. The van der Waals surface area contributed by atoms with Gasteiger partial charge in [0.25, 0.3) is 0 Å². The normalized spacial score (nSPS) is 12.0. The molecule has 0 aliphatic rings. The molecule has 136 valence electrons. The Labute approximate surface area is 144 Å². The molecule has 1 heterocycles. The van der Waals surface area contributed by atoms with Crippen molar-refractivity contribution in [1.29, 1.82) is 0 Å². The number of rotatable bonds is 4. The van der Waals surface area contributed by atoms with Gasteiger partial charge < -0.3 is 14.4 Å². The molecule has 2 rings (SSSR count). The monoisotopic (exact) mass is 355 g/mol. The minimum Gasteiger partial charge on any atom is -0.488 e. The second kappa shape index (κ2) is 6.78. The second-order valence-corrected chi connectivity index (χ2v) is 6.36. The average molecular weight is 355 g/mol. The van der Waals surface area contributed by atoms with E-state index in [9.17, 15) is 13.2 Å². The Morgan fingerprint density at radius 2 is 1.80 bits per heavy atom. The lowest BCUT2D eigenvalue weighted by Gasteiger charge is -2.25. The van der Waals surface area contributed by atoms with Gasteiger partial charge in [0.05, 0.1) is 7.11 Å². The molecule has 0 saturated heterocycles. The van der Waals surface area contributed by atoms with E-state index >= 15 is 0 Å². The molecular weight excluding hydrogens is 335 g/mol. The molecule has 0 aliphatic carbocycles. The fourth-order valence-electron chi connectivity index (χ4n) is 2.14. The van der Waals surface area contributed by atoms with E-state index in [1.807, 2.05) is 20.8 Å². The lowest BCUT2D eigenvalue weighted by atomic mass is 10.2. The Hall–Kier alpha value is -2.51. The summed E-state index contributed by atoms with van der Waals surface area (Å²) in [4.78, 5) is 8.75. The fourth-order valence-corrected chi connectivity index (χ4v) is 2.14. The molecule has 0 radical (unpaired) electrons. The Morgan fingerprint density at radius 3 is 2.36 bits per heavy atom. The summed E-state index contributed by atoms with van der Waals surface area (Å²) >= 11 is 0. The smallest absolute Gasteiger partial charge is 0.421 e. The first kappa shape index (κ1) is 18.8. The molecule has 1 aromatic carbocycles. The largest absolute Gasteiger partial charge is 0.488 e. The lowest BCUT2D eigenvalue weighted by Crippen LogP contribution is -2.23. The SMILES string of the molecule is COc1ncc(C(F)(F)F)c(N(C)c2cccc(OC(C)(C)C)c2)n1. The number of benzene rings is 1. The van der Waals surface area contributed by atoms with Crippen LogP contribution in [0.3, 0.4) is 0 Å². The van der Waals surface area contributed by atoms with Crippen molar-refractivity contribution in [2.24, 2.45) is 0 Å². The first-order valence-electron chi connectivity index (χ1n) is 7.52. The third-order valence-electron chi connectivity index (χ3n) is 3.18. The average Bonchev–Trinajstić information content (AvgIpc) is 2.51. The molecule has 5 nitrogen and oxygen atoms in total. The first-order valence-corrected chi connectivity index (χ1v) is 7.52. The van der Waals surface area contributed by atoms with Crippen molar-refractivity contribution in [2.45, 2.75) is 32.5 Å². The minimum absolute atomic E-state index is 0.142. The fraction of sp³-hybridized carbons (Fsp3) is 0.412. The van der Waals surface area contributed by atoms with E-state index in [2.05, 4.69) is 9.97 Å². The van der Waals surface area contributed by atoms with Gasteiger partial charge in [0.2, 0.25) is 0 Å². The van der Waals surface area contributed by atoms with Crippen LogP contribution in [0.5, 0.6) is 11.8 Å². The van der Waals surface area contributed by atoms with Crippen LogP contribution in [0.15, 0.2) is 30.5 Å². The topological polar surface area (TPSA) is 47.5 Å². The Morgan fingerprint density at radius 1 is 1.12 bits per heavy atom. The van der Waals surface area contributed by atoms with Gasteiger partial charge in [-0.05, 0) is 32.9 Å². The maximum atomic E-state index is 13.3. The first-order chi connectivity index (χ1) is 11.5. The quantitative estimate of drug-likeness (QED) is 0.811. The molecule has 2 aromatic rings. The predicted octanol–water partition coefficient (Wildman–Crippen LogP) is 4.45. The van der Waals surface area contributed by atoms with E-state index in [1.165, 1.54) is 19.1 Å². The van der Waals surface area contributed by atoms with Gasteiger partial charge in [0.1, 0.15) is 16.9 Å². The number of methoxy groups -OCH3 is 1. The number of ether oxygens (including phenoxy) is 2. The highest BCUT2D eigenvalue weighted by atomic mass is 19.4. The van der Waals surface area contributed by atoms with Gasteiger partial charge >= 0.3 is 12.2 Å². The minimum atomic E-state index is -4.59. The highest BCUT2D eigenvalue weighted by Gasteiger charge is 2.36. The Bertz CT molecular complexity index is 743. The molecule has 0 bridgehead atoms.